The Morgan fingerprint density at radius 3 is 2.34 bits per heavy atom. The summed E-state index contributed by atoms with van der Waals surface area (Å²) >= 11 is 12.6. The van der Waals surface area contributed by atoms with E-state index in [9.17, 15) is 13.0 Å². The lowest BCUT2D eigenvalue weighted by Crippen LogP contribution is -2.32. The monoisotopic (exact) mass is 537 g/mol. The van der Waals surface area contributed by atoms with E-state index in [1.54, 1.807) is 6.07 Å². The van der Waals surface area contributed by atoms with Crippen molar-refractivity contribution in [3.63, 3.8) is 0 Å². The van der Waals surface area contributed by atoms with Crippen LogP contribution in [0.5, 0.6) is 5.75 Å². The van der Waals surface area contributed by atoms with Crippen molar-refractivity contribution in [2.24, 2.45) is 0 Å². The van der Waals surface area contributed by atoms with Crippen LogP contribution in [-0.2, 0) is 10.1 Å². The predicted octanol–water partition coefficient (Wildman–Crippen LogP) is 5.47. The lowest BCUT2D eigenvalue weighted by atomic mass is 10.2. The molecule has 35 heavy (non-hydrogen) atoms. The van der Waals surface area contributed by atoms with Gasteiger partial charge in [-0.05, 0) is 51.5 Å². The van der Waals surface area contributed by atoms with Gasteiger partial charge in [0.15, 0.2) is 0 Å². The number of nitrogens with zero attached hydrogens (tertiary/aromatic N) is 3. The van der Waals surface area contributed by atoms with Gasteiger partial charge in [0, 0.05) is 37.0 Å². The maximum Gasteiger partial charge on any atom is 0.285 e. The smallest absolute Gasteiger partial charge is 0.285 e. The summed E-state index contributed by atoms with van der Waals surface area (Å²) in [4.78, 5) is 6.31. The molecule has 2 aromatic carbocycles. The zero-order valence-corrected chi connectivity index (χ0v) is 22.2. The van der Waals surface area contributed by atoms with Gasteiger partial charge in [-0.3, -0.25) is 4.90 Å². The van der Waals surface area contributed by atoms with E-state index in [4.69, 9.17) is 27.9 Å². The number of allylic oxidation sites excluding steroid dienone is 2. The SMILES string of the molecule is CCN1/C(=C/C=C\C2[OH+]c3ccccc3N2CC)N(CCC(C)S(=O)(=O)[O-])c2cc(Cl)c(Cl)cc21. The van der Waals surface area contributed by atoms with E-state index in [0.717, 1.165) is 35.2 Å². The Morgan fingerprint density at radius 1 is 1.06 bits per heavy atom. The fourth-order valence-electron chi connectivity index (χ4n) is 4.47. The van der Waals surface area contributed by atoms with Crippen LogP contribution >= 0.6 is 23.2 Å². The molecule has 0 amide bonds. The second-order valence-electron chi connectivity index (χ2n) is 8.47. The number of aromatic hydroxyl groups is 1. The fraction of sp³-hybridized carbons (Fsp3) is 0.360. The van der Waals surface area contributed by atoms with Gasteiger partial charge in [0.1, 0.15) is 11.5 Å². The van der Waals surface area contributed by atoms with Crippen molar-refractivity contribution < 1.29 is 17.7 Å². The molecule has 0 bridgehead atoms. The Bertz CT molecular complexity index is 1270. The number of benzene rings is 2. The topological polar surface area (TPSA) is 79.7 Å². The second kappa shape index (κ2) is 10.3. The zero-order valence-electron chi connectivity index (χ0n) is 19.9. The Morgan fingerprint density at radius 2 is 1.71 bits per heavy atom. The molecule has 2 aromatic rings. The first-order chi connectivity index (χ1) is 16.7. The molecule has 0 radical (unpaired) electrons. The molecule has 7 nitrogen and oxygen atoms in total. The number of fused-ring (bicyclic) bond motifs is 2. The van der Waals surface area contributed by atoms with Gasteiger partial charge in [-0.15, -0.1) is 0 Å². The zero-order chi connectivity index (χ0) is 25.3. The van der Waals surface area contributed by atoms with Crippen LogP contribution in [0.3, 0.4) is 0 Å². The van der Waals surface area contributed by atoms with Gasteiger partial charge in [0.2, 0.25) is 0 Å². The van der Waals surface area contributed by atoms with E-state index in [2.05, 4.69) is 22.8 Å². The van der Waals surface area contributed by atoms with E-state index in [1.807, 2.05) is 54.3 Å². The number of para-hydroxylation sites is 2. The summed E-state index contributed by atoms with van der Waals surface area (Å²) in [7, 11) is -4.38. The summed E-state index contributed by atoms with van der Waals surface area (Å²) in [5.74, 6) is 1.82. The first kappa shape index (κ1) is 25.7. The molecular formula is C25H29Cl2N3O4S. The third kappa shape index (κ3) is 5.11. The number of anilines is 3. The van der Waals surface area contributed by atoms with E-state index >= 15 is 0 Å². The molecule has 0 saturated heterocycles. The van der Waals surface area contributed by atoms with Crippen molar-refractivity contribution in [1.82, 2.24) is 0 Å². The van der Waals surface area contributed by atoms with Crippen LogP contribution in [0, 0.1) is 0 Å². The first-order valence-corrected chi connectivity index (χ1v) is 13.8. The lowest BCUT2D eigenvalue weighted by molar-refractivity contribution is 0.0381. The standard InChI is InChI=1S/C25H29Cl2N3O4S/c1-4-28-21-15-18(26)19(27)16-22(21)30(14-13-17(3)35(31,32)33)24(28)11-8-12-25-29(5-2)20-9-6-7-10-23(20)34-25/h6-12,15-17,25H,4-5,13-14H2,1-3H3,(H,31,32,33)/b12-8-,24-11-. The van der Waals surface area contributed by atoms with Crippen LogP contribution in [0.4, 0.5) is 17.1 Å². The molecule has 2 aliphatic heterocycles. The van der Waals surface area contributed by atoms with E-state index in [-0.39, 0.29) is 12.6 Å². The summed E-state index contributed by atoms with van der Waals surface area (Å²) in [6.07, 6.45) is 6.05. The van der Waals surface area contributed by atoms with E-state index in [0.29, 0.717) is 23.1 Å². The minimum absolute atomic E-state index is 0.115. The molecule has 2 aliphatic rings. The lowest BCUT2D eigenvalue weighted by Gasteiger charge is -2.26. The van der Waals surface area contributed by atoms with Gasteiger partial charge in [-0.1, -0.05) is 41.4 Å². The molecule has 0 spiro atoms. The van der Waals surface area contributed by atoms with Crippen LogP contribution in [0.15, 0.2) is 60.4 Å². The first-order valence-electron chi connectivity index (χ1n) is 11.6. The highest BCUT2D eigenvalue weighted by Crippen LogP contribution is 2.46. The minimum Gasteiger partial charge on any atom is -0.748 e. The number of hydrogen-bond acceptors (Lipinski definition) is 6. The second-order valence-corrected chi connectivity index (χ2v) is 11.1. The molecule has 0 aromatic heterocycles. The quantitative estimate of drug-likeness (QED) is 0.328. The number of ether oxygens (including phenoxy) is 1. The average molecular weight is 538 g/mol. The van der Waals surface area contributed by atoms with Gasteiger partial charge in [-0.2, -0.15) is 0 Å². The minimum atomic E-state index is -4.38. The van der Waals surface area contributed by atoms with Gasteiger partial charge in [0.25, 0.3) is 12.0 Å². The number of aliphatic hydroxyl groups is 1. The molecule has 1 N–H and O–H groups in total. The normalized spacial score (nSPS) is 19.4. The fourth-order valence-corrected chi connectivity index (χ4v) is 5.18. The highest BCUT2D eigenvalue weighted by Gasteiger charge is 2.33. The van der Waals surface area contributed by atoms with Crippen LogP contribution in [0.1, 0.15) is 27.2 Å². The Labute approximate surface area is 216 Å². The molecule has 2 unspecified atom stereocenters. The molecule has 4 rings (SSSR count). The maximum atomic E-state index is 11.5. The third-order valence-corrected chi connectivity index (χ3v) is 8.31. The highest BCUT2D eigenvalue weighted by molar-refractivity contribution is 7.86. The third-order valence-electron chi connectivity index (χ3n) is 6.37. The molecule has 2 atom stereocenters. The number of likely N-dealkylation sites (N-methyl/N-ethyl adjacent to an activating group) is 1. The van der Waals surface area contributed by atoms with Crippen molar-refractivity contribution >= 4 is 50.4 Å². The Kier molecular flexibility index (Phi) is 7.57. The van der Waals surface area contributed by atoms with Crippen LogP contribution < -0.4 is 14.7 Å². The summed E-state index contributed by atoms with van der Waals surface area (Å²) < 4.78 is 39.3. The molecule has 10 heteroatoms. The summed E-state index contributed by atoms with van der Waals surface area (Å²) in [6.45, 7) is 7.39. The maximum absolute atomic E-state index is 11.5. The summed E-state index contributed by atoms with van der Waals surface area (Å²) in [5, 5.41) is -0.152. The number of hydrogen-bond donors (Lipinski definition) is 0. The number of halogens is 2. The molecule has 188 valence electrons. The van der Waals surface area contributed by atoms with Crippen molar-refractivity contribution in [2.45, 2.75) is 38.7 Å². The van der Waals surface area contributed by atoms with Gasteiger partial charge >= 0.3 is 0 Å². The molecular weight excluding hydrogens is 509 g/mol. The van der Waals surface area contributed by atoms with E-state index < -0.39 is 15.4 Å². The van der Waals surface area contributed by atoms with Crippen molar-refractivity contribution in [3.05, 3.63) is 70.5 Å². The van der Waals surface area contributed by atoms with Crippen molar-refractivity contribution in [3.8, 4) is 5.75 Å². The highest BCUT2D eigenvalue weighted by atomic mass is 35.5. The van der Waals surface area contributed by atoms with Crippen LogP contribution in [0.25, 0.3) is 0 Å². The largest absolute Gasteiger partial charge is 0.748 e. The van der Waals surface area contributed by atoms with Gasteiger partial charge < -0.3 is 19.1 Å². The Balaban J connectivity index is 1.65. The predicted molar refractivity (Wildman–Crippen MR) is 143 cm³/mol. The molecule has 0 aliphatic carbocycles. The van der Waals surface area contributed by atoms with Gasteiger partial charge in [-0.25, -0.2) is 8.42 Å². The van der Waals surface area contributed by atoms with Crippen molar-refractivity contribution in [2.75, 3.05) is 34.3 Å². The van der Waals surface area contributed by atoms with Gasteiger partial charge in [0.05, 0.1) is 31.5 Å². The van der Waals surface area contributed by atoms with E-state index in [1.165, 1.54) is 6.92 Å². The summed E-state index contributed by atoms with van der Waals surface area (Å²) in [6, 6.07) is 11.7. The van der Waals surface area contributed by atoms with Crippen LogP contribution in [0.2, 0.25) is 10.0 Å². The van der Waals surface area contributed by atoms with Crippen LogP contribution in [-0.4, -0.2) is 48.8 Å². The average Bonchev–Trinajstić information content (AvgIpc) is 3.31. The molecule has 0 saturated carbocycles. The Hall–Kier alpha value is -2.39. The summed E-state index contributed by atoms with van der Waals surface area (Å²) in [5.41, 5.74) is 2.82. The van der Waals surface area contributed by atoms with Crippen molar-refractivity contribution in [1.29, 1.82) is 0 Å². The molecule has 2 heterocycles. The number of rotatable bonds is 8. The molecule has 0 fully saturated rings.